The molecule has 0 saturated carbocycles. The van der Waals surface area contributed by atoms with Gasteiger partial charge in [0.1, 0.15) is 6.04 Å². The predicted molar refractivity (Wildman–Crippen MR) is 48.5 cm³/mol. The van der Waals surface area contributed by atoms with Crippen molar-refractivity contribution in [3.05, 3.63) is 0 Å². The normalized spacial score (nSPS) is 12.1. The molecule has 0 aliphatic rings. The van der Waals surface area contributed by atoms with Gasteiger partial charge in [-0.15, -0.1) is 0 Å². The van der Waals surface area contributed by atoms with Crippen molar-refractivity contribution in [3.63, 3.8) is 0 Å². The molecule has 7 N–H and O–H groups in total. The second-order valence-electron chi connectivity index (χ2n) is 2.08. The molecule has 0 rings (SSSR count). The minimum Gasteiger partial charge on any atom is -0.480 e. The zero-order valence-corrected chi connectivity index (χ0v) is 7.25. The molecular weight excluding hydrogens is 180 g/mol. The lowest BCUT2D eigenvalue weighted by atomic mass is 10.2. The highest BCUT2D eigenvalue weighted by Crippen LogP contribution is 2.04. The summed E-state index contributed by atoms with van der Waals surface area (Å²) in [5.74, 6) is -0.546. The van der Waals surface area contributed by atoms with Crippen molar-refractivity contribution in [2.24, 2.45) is 21.6 Å². The fraction of sp³-hybridized carbons (Fsp3) is 0.600. The third kappa shape index (κ3) is 5.81. The van der Waals surface area contributed by atoms with Gasteiger partial charge in [0.05, 0.1) is 0 Å². The zero-order chi connectivity index (χ0) is 9.56. The van der Waals surface area contributed by atoms with E-state index in [4.69, 9.17) is 22.3 Å². The lowest BCUT2D eigenvalue weighted by Gasteiger charge is -2.02. The highest BCUT2D eigenvalue weighted by Gasteiger charge is 2.09. The highest BCUT2D eigenvalue weighted by atomic mass is 32.2. The molecule has 0 saturated heterocycles. The SMILES string of the molecule is NC(N)=NSCCC(N)C(=O)O. The zero-order valence-electron chi connectivity index (χ0n) is 6.43. The molecule has 6 nitrogen and oxygen atoms in total. The van der Waals surface area contributed by atoms with Crippen molar-refractivity contribution < 1.29 is 9.90 Å². The van der Waals surface area contributed by atoms with Gasteiger partial charge in [0, 0.05) is 5.75 Å². The van der Waals surface area contributed by atoms with E-state index in [2.05, 4.69) is 4.40 Å². The molecule has 0 fully saturated rings. The molecule has 70 valence electrons. The van der Waals surface area contributed by atoms with E-state index in [1.807, 2.05) is 0 Å². The molecule has 0 aliphatic heterocycles. The number of aliphatic carboxylic acids is 1. The topological polar surface area (TPSA) is 128 Å². The molecule has 0 aromatic rings. The molecule has 0 aliphatic carbocycles. The van der Waals surface area contributed by atoms with Crippen molar-refractivity contribution in [3.8, 4) is 0 Å². The predicted octanol–water partition coefficient (Wildman–Crippen LogP) is -1.29. The Morgan fingerprint density at radius 3 is 2.58 bits per heavy atom. The minimum atomic E-state index is -1.01. The molecule has 1 unspecified atom stereocenters. The van der Waals surface area contributed by atoms with Crippen molar-refractivity contribution in [1.82, 2.24) is 0 Å². The first-order chi connectivity index (χ1) is 5.54. The molecule has 0 amide bonds. The molecule has 0 aromatic heterocycles. The van der Waals surface area contributed by atoms with Crippen LogP contribution in [0.4, 0.5) is 0 Å². The summed E-state index contributed by atoms with van der Waals surface area (Å²) >= 11 is 1.10. The van der Waals surface area contributed by atoms with Crippen LogP contribution in [0.3, 0.4) is 0 Å². The number of hydrogen-bond acceptors (Lipinski definition) is 4. The van der Waals surface area contributed by atoms with Gasteiger partial charge in [0.25, 0.3) is 0 Å². The van der Waals surface area contributed by atoms with E-state index < -0.39 is 12.0 Å². The Hall–Kier alpha value is -0.950. The van der Waals surface area contributed by atoms with E-state index in [0.29, 0.717) is 12.2 Å². The molecular formula is C5H12N4O2S. The number of nitrogens with two attached hydrogens (primary N) is 3. The van der Waals surface area contributed by atoms with E-state index in [1.54, 1.807) is 0 Å². The first-order valence-electron chi connectivity index (χ1n) is 3.23. The Labute approximate surface area is 74.3 Å². The van der Waals surface area contributed by atoms with Gasteiger partial charge in [-0.05, 0) is 18.4 Å². The number of carbonyl (C=O) groups is 1. The van der Waals surface area contributed by atoms with Crippen LogP contribution in [0, 0.1) is 0 Å². The van der Waals surface area contributed by atoms with Gasteiger partial charge in [-0.25, -0.2) is 0 Å². The standard InChI is InChI=1S/C5H12N4O2S/c6-3(4(10)11)1-2-12-9-5(7)8/h3H,1-2,6H2,(H,10,11)(H4,7,8,9). The summed E-state index contributed by atoms with van der Waals surface area (Å²) in [6, 6.07) is -0.841. The summed E-state index contributed by atoms with van der Waals surface area (Å²) in [6.07, 6.45) is 0.344. The maximum atomic E-state index is 10.2. The molecule has 0 bridgehead atoms. The van der Waals surface area contributed by atoms with Crippen LogP contribution >= 0.6 is 11.9 Å². The van der Waals surface area contributed by atoms with Gasteiger partial charge in [-0.3, -0.25) is 4.79 Å². The monoisotopic (exact) mass is 192 g/mol. The van der Waals surface area contributed by atoms with Crippen LogP contribution < -0.4 is 17.2 Å². The van der Waals surface area contributed by atoms with Gasteiger partial charge >= 0.3 is 5.97 Å². The number of carboxylic acid groups (broad SMARTS) is 1. The first kappa shape index (κ1) is 11.1. The molecule has 0 radical (unpaired) electrons. The average Bonchev–Trinajstić information content (AvgIpc) is 1.97. The summed E-state index contributed by atoms with van der Waals surface area (Å²) in [5.41, 5.74) is 15.3. The molecule has 0 spiro atoms. The van der Waals surface area contributed by atoms with Crippen molar-refractivity contribution in [2.75, 3.05) is 5.75 Å². The maximum absolute atomic E-state index is 10.2. The quantitative estimate of drug-likeness (QED) is 0.186. The van der Waals surface area contributed by atoms with E-state index in [9.17, 15) is 4.79 Å². The Balaban J connectivity index is 3.44. The fourth-order valence-electron chi connectivity index (χ4n) is 0.423. The van der Waals surface area contributed by atoms with Crippen LogP contribution in [0.1, 0.15) is 6.42 Å². The molecule has 12 heavy (non-hydrogen) atoms. The molecule has 0 heterocycles. The van der Waals surface area contributed by atoms with Crippen LogP contribution in [0.15, 0.2) is 4.40 Å². The Morgan fingerprint density at radius 2 is 2.17 bits per heavy atom. The van der Waals surface area contributed by atoms with Crippen LogP contribution in [0.5, 0.6) is 0 Å². The number of nitrogens with zero attached hydrogens (tertiary/aromatic N) is 1. The number of carboxylic acids is 1. The van der Waals surface area contributed by atoms with Gasteiger partial charge < -0.3 is 22.3 Å². The molecule has 1 atom stereocenters. The van der Waals surface area contributed by atoms with Gasteiger partial charge in [0.2, 0.25) is 0 Å². The van der Waals surface area contributed by atoms with Crippen LogP contribution in [0.2, 0.25) is 0 Å². The molecule has 0 aromatic carbocycles. The Bertz CT molecular complexity index is 180. The fourth-order valence-corrected chi connectivity index (χ4v) is 1.02. The van der Waals surface area contributed by atoms with Crippen LogP contribution in [0.25, 0.3) is 0 Å². The highest BCUT2D eigenvalue weighted by molar-refractivity contribution is 7.98. The lowest BCUT2D eigenvalue weighted by Crippen LogP contribution is -2.30. The maximum Gasteiger partial charge on any atom is 0.320 e. The number of hydrogen-bond donors (Lipinski definition) is 4. The average molecular weight is 192 g/mol. The lowest BCUT2D eigenvalue weighted by molar-refractivity contribution is -0.138. The number of guanidine groups is 1. The van der Waals surface area contributed by atoms with Gasteiger partial charge in [-0.1, -0.05) is 0 Å². The Kier molecular flexibility index (Phi) is 5.22. The van der Waals surface area contributed by atoms with Crippen molar-refractivity contribution in [1.29, 1.82) is 0 Å². The van der Waals surface area contributed by atoms with E-state index >= 15 is 0 Å². The van der Waals surface area contributed by atoms with Gasteiger partial charge in [0.15, 0.2) is 5.96 Å². The summed E-state index contributed by atoms with van der Waals surface area (Å²) < 4.78 is 3.60. The second-order valence-corrected chi connectivity index (χ2v) is 2.93. The first-order valence-corrected chi connectivity index (χ1v) is 4.17. The van der Waals surface area contributed by atoms with Crippen LogP contribution in [-0.2, 0) is 4.79 Å². The molecule has 7 heteroatoms. The summed E-state index contributed by atoms with van der Waals surface area (Å²) in [4.78, 5) is 10.2. The third-order valence-corrected chi connectivity index (χ3v) is 1.77. The minimum absolute atomic E-state index is 0.0242. The Morgan fingerprint density at radius 1 is 1.58 bits per heavy atom. The van der Waals surface area contributed by atoms with Crippen molar-refractivity contribution in [2.45, 2.75) is 12.5 Å². The number of rotatable bonds is 5. The summed E-state index contributed by atoms with van der Waals surface area (Å²) in [6.45, 7) is 0. The summed E-state index contributed by atoms with van der Waals surface area (Å²) in [7, 11) is 0. The third-order valence-electron chi connectivity index (χ3n) is 1.01. The van der Waals surface area contributed by atoms with Crippen LogP contribution in [-0.4, -0.2) is 28.8 Å². The van der Waals surface area contributed by atoms with E-state index in [-0.39, 0.29) is 5.96 Å². The van der Waals surface area contributed by atoms with Crippen molar-refractivity contribution >= 4 is 23.9 Å². The smallest absolute Gasteiger partial charge is 0.320 e. The largest absolute Gasteiger partial charge is 0.480 e. The van der Waals surface area contributed by atoms with Gasteiger partial charge in [-0.2, -0.15) is 4.40 Å². The second kappa shape index (κ2) is 5.67. The van der Waals surface area contributed by atoms with E-state index in [0.717, 1.165) is 11.9 Å². The van der Waals surface area contributed by atoms with E-state index in [1.165, 1.54) is 0 Å². The summed E-state index contributed by atoms with van der Waals surface area (Å²) in [5, 5.41) is 8.37.